The van der Waals surface area contributed by atoms with Crippen molar-refractivity contribution in [3.05, 3.63) is 28.2 Å². The number of rotatable bonds is 4. The standard InChI is InChI=1S/C13H16BrN3O2/c14-11-3-4-12(18)10(7-11)8-15-16-13(19)9-17-5-1-2-6-17/h3-4,7-8,18H,1-2,5-6,9H2,(H,16,19)/p+1/b15-8+. The van der Waals surface area contributed by atoms with E-state index < -0.39 is 0 Å². The Morgan fingerprint density at radius 2 is 2.21 bits per heavy atom. The maximum Gasteiger partial charge on any atom is 0.295 e. The molecular weight excluding hydrogens is 310 g/mol. The molecule has 1 amide bonds. The van der Waals surface area contributed by atoms with Gasteiger partial charge in [0.05, 0.1) is 19.3 Å². The number of phenolic OH excluding ortho intramolecular Hbond substituents is 1. The number of hydrazone groups is 1. The van der Waals surface area contributed by atoms with E-state index in [9.17, 15) is 9.90 Å². The molecule has 0 spiro atoms. The minimum atomic E-state index is -0.0948. The summed E-state index contributed by atoms with van der Waals surface area (Å²) in [4.78, 5) is 12.9. The van der Waals surface area contributed by atoms with E-state index in [0.29, 0.717) is 12.1 Å². The number of hydrogen-bond donors (Lipinski definition) is 3. The van der Waals surface area contributed by atoms with E-state index in [1.165, 1.54) is 24.0 Å². The quantitative estimate of drug-likeness (QED) is 0.550. The van der Waals surface area contributed by atoms with E-state index in [1.54, 1.807) is 18.2 Å². The predicted octanol–water partition coefficient (Wildman–Crippen LogP) is 0.284. The average Bonchev–Trinajstić information content (AvgIpc) is 2.86. The summed E-state index contributed by atoms with van der Waals surface area (Å²) in [6.45, 7) is 2.58. The molecule has 0 aliphatic carbocycles. The van der Waals surface area contributed by atoms with Crippen LogP contribution in [0.4, 0.5) is 0 Å². The molecule has 6 heteroatoms. The van der Waals surface area contributed by atoms with E-state index in [1.807, 2.05) is 0 Å². The second-order valence-corrected chi connectivity index (χ2v) is 5.55. The summed E-state index contributed by atoms with van der Waals surface area (Å²) >= 11 is 3.31. The lowest BCUT2D eigenvalue weighted by atomic mass is 10.2. The number of nitrogens with zero attached hydrogens (tertiary/aromatic N) is 1. The molecule has 1 aliphatic heterocycles. The van der Waals surface area contributed by atoms with Crippen molar-refractivity contribution in [2.24, 2.45) is 5.10 Å². The average molecular weight is 327 g/mol. The summed E-state index contributed by atoms with van der Waals surface area (Å²) in [7, 11) is 0. The molecule has 0 radical (unpaired) electrons. The number of carbonyl (C=O) groups is 1. The van der Waals surface area contributed by atoms with Crippen molar-refractivity contribution >= 4 is 28.1 Å². The van der Waals surface area contributed by atoms with Crippen LogP contribution in [0.2, 0.25) is 0 Å². The highest BCUT2D eigenvalue weighted by Gasteiger charge is 2.18. The molecule has 0 bridgehead atoms. The number of phenols is 1. The molecule has 1 aromatic carbocycles. The third-order valence-electron chi connectivity index (χ3n) is 3.10. The molecule has 1 aromatic rings. The number of nitrogens with one attached hydrogen (secondary N) is 2. The molecule has 3 N–H and O–H groups in total. The Morgan fingerprint density at radius 3 is 2.95 bits per heavy atom. The lowest BCUT2D eigenvalue weighted by Crippen LogP contribution is -3.11. The molecule has 0 unspecified atom stereocenters. The van der Waals surface area contributed by atoms with E-state index in [2.05, 4.69) is 26.5 Å². The Labute approximate surface area is 120 Å². The first-order valence-electron chi connectivity index (χ1n) is 6.29. The highest BCUT2D eigenvalue weighted by molar-refractivity contribution is 9.10. The van der Waals surface area contributed by atoms with E-state index >= 15 is 0 Å². The minimum Gasteiger partial charge on any atom is -0.507 e. The van der Waals surface area contributed by atoms with Crippen molar-refractivity contribution in [3.63, 3.8) is 0 Å². The van der Waals surface area contributed by atoms with Crippen LogP contribution in [-0.4, -0.2) is 36.9 Å². The Bertz CT molecular complexity index is 485. The highest BCUT2D eigenvalue weighted by Crippen LogP contribution is 2.19. The van der Waals surface area contributed by atoms with Gasteiger partial charge in [0.1, 0.15) is 5.75 Å². The highest BCUT2D eigenvalue weighted by atomic mass is 79.9. The van der Waals surface area contributed by atoms with Gasteiger partial charge in [0.2, 0.25) is 0 Å². The summed E-state index contributed by atoms with van der Waals surface area (Å²) in [6, 6.07) is 5.04. The lowest BCUT2D eigenvalue weighted by molar-refractivity contribution is -0.879. The largest absolute Gasteiger partial charge is 0.507 e. The van der Waals surface area contributed by atoms with Crippen LogP contribution in [-0.2, 0) is 4.79 Å². The molecule has 19 heavy (non-hydrogen) atoms. The third-order valence-corrected chi connectivity index (χ3v) is 3.60. The third kappa shape index (κ3) is 4.33. The Morgan fingerprint density at radius 1 is 1.47 bits per heavy atom. The van der Waals surface area contributed by atoms with Gasteiger partial charge in [0, 0.05) is 22.9 Å². The molecule has 0 saturated carbocycles. The number of aromatic hydroxyl groups is 1. The fraction of sp³-hybridized carbons (Fsp3) is 0.385. The van der Waals surface area contributed by atoms with Crippen LogP contribution in [0.3, 0.4) is 0 Å². The van der Waals surface area contributed by atoms with Gasteiger partial charge >= 0.3 is 0 Å². The molecule has 1 fully saturated rings. The molecular formula is C13H17BrN3O2+. The van der Waals surface area contributed by atoms with Crippen LogP contribution in [0, 0.1) is 0 Å². The Kier molecular flexibility index (Phi) is 4.93. The van der Waals surface area contributed by atoms with Gasteiger partial charge in [0.25, 0.3) is 5.91 Å². The number of halogens is 1. The lowest BCUT2D eigenvalue weighted by Gasteiger charge is -2.09. The van der Waals surface area contributed by atoms with Crippen LogP contribution in [0.5, 0.6) is 5.75 Å². The molecule has 1 heterocycles. The summed E-state index contributed by atoms with van der Waals surface area (Å²) in [5.41, 5.74) is 3.05. The van der Waals surface area contributed by atoms with Crippen molar-refractivity contribution in [2.75, 3.05) is 19.6 Å². The SMILES string of the molecule is O=C(C[NH+]1CCCC1)N/N=C/c1cc(Br)ccc1O. The van der Waals surface area contributed by atoms with Crippen LogP contribution in [0.1, 0.15) is 18.4 Å². The van der Waals surface area contributed by atoms with Crippen LogP contribution in [0.15, 0.2) is 27.8 Å². The molecule has 0 aromatic heterocycles. The summed E-state index contributed by atoms with van der Waals surface area (Å²) in [5, 5.41) is 13.5. The van der Waals surface area contributed by atoms with Gasteiger partial charge < -0.3 is 10.0 Å². The van der Waals surface area contributed by atoms with Crippen LogP contribution in [0.25, 0.3) is 0 Å². The Balaban J connectivity index is 1.85. The van der Waals surface area contributed by atoms with Gasteiger partial charge in [-0.05, 0) is 18.2 Å². The van der Waals surface area contributed by atoms with Crippen LogP contribution >= 0.6 is 15.9 Å². The number of amides is 1. The number of hydrogen-bond acceptors (Lipinski definition) is 3. The molecule has 2 rings (SSSR count). The van der Waals surface area contributed by atoms with Crippen molar-refractivity contribution in [2.45, 2.75) is 12.8 Å². The van der Waals surface area contributed by atoms with Crippen molar-refractivity contribution in [1.29, 1.82) is 0 Å². The zero-order valence-corrected chi connectivity index (χ0v) is 12.1. The molecule has 102 valence electrons. The van der Waals surface area contributed by atoms with Gasteiger partial charge in [-0.1, -0.05) is 15.9 Å². The van der Waals surface area contributed by atoms with Crippen molar-refractivity contribution < 1.29 is 14.8 Å². The van der Waals surface area contributed by atoms with Gasteiger partial charge in [-0.2, -0.15) is 5.10 Å². The van der Waals surface area contributed by atoms with Crippen molar-refractivity contribution in [1.82, 2.24) is 5.43 Å². The Hall–Kier alpha value is -1.40. The normalized spacial score (nSPS) is 16.1. The van der Waals surface area contributed by atoms with Gasteiger partial charge in [-0.3, -0.25) is 4.79 Å². The maximum atomic E-state index is 11.6. The maximum absolute atomic E-state index is 11.6. The summed E-state index contributed by atoms with van der Waals surface area (Å²) < 4.78 is 0.847. The second-order valence-electron chi connectivity index (χ2n) is 4.63. The van der Waals surface area contributed by atoms with Crippen LogP contribution < -0.4 is 10.3 Å². The van der Waals surface area contributed by atoms with E-state index in [0.717, 1.165) is 17.6 Å². The van der Waals surface area contributed by atoms with Gasteiger partial charge in [-0.15, -0.1) is 0 Å². The van der Waals surface area contributed by atoms with E-state index in [-0.39, 0.29) is 11.7 Å². The van der Waals surface area contributed by atoms with Gasteiger partial charge in [0.15, 0.2) is 6.54 Å². The number of carbonyl (C=O) groups excluding carboxylic acids is 1. The molecule has 0 atom stereocenters. The monoisotopic (exact) mass is 326 g/mol. The first-order valence-corrected chi connectivity index (χ1v) is 7.08. The van der Waals surface area contributed by atoms with Crippen molar-refractivity contribution in [3.8, 4) is 5.75 Å². The first-order chi connectivity index (χ1) is 9.15. The first kappa shape index (κ1) is 14.0. The second kappa shape index (κ2) is 6.68. The predicted molar refractivity (Wildman–Crippen MR) is 76.3 cm³/mol. The summed E-state index contributed by atoms with van der Waals surface area (Å²) in [5.74, 6) is 0.0361. The zero-order valence-electron chi connectivity index (χ0n) is 10.5. The molecule has 1 aliphatic rings. The smallest absolute Gasteiger partial charge is 0.295 e. The van der Waals surface area contributed by atoms with Gasteiger partial charge in [-0.25, -0.2) is 5.43 Å². The fourth-order valence-corrected chi connectivity index (χ4v) is 2.50. The zero-order chi connectivity index (χ0) is 13.7. The molecule has 1 saturated heterocycles. The number of quaternary nitrogens is 1. The van der Waals surface area contributed by atoms with E-state index in [4.69, 9.17) is 0 Å². The fourth-order valence-electron chi connectivity index (χ4n) is 2.12. The molecule has 5 nitrogen and oxygen atoms in total. The topological polar surface area (TPSA) is 66.1 Å². The summed E-state index contributed by atoms with van der Waals surface area (Å²) in [6.07, 6.45) is 3.83. The number of benzene rings is 1. The minimum absolute atomic E-state index is 0.0948. The number of likely N-dealkylation sites (tertiary alicyclic amines) is 1.